The number of carbonyl (C=O) groups excluding carboxylic acids is 1. The average Bonchev–Trinajstić information content (AvgIpc) is 3.27. The molecule has 0 aliphatic heterocycles. The third-order valence-corrected chi connectivity index (χ3v) is 6.57. The Labute approximate surface area is 160 Å². The summed E-state index contributed by atoms with van der Waals surface area (Å²) in [6, 6.07) is 8.28. The zero-order valence-electron chi connectivity index (χ0n) is 14.1. The van der Waals surface area contributed by atoms with Crippen LogP contribution in [-0.2, 0) is 27.5 Å². The van der Waals surface area contributed by atoms with Crippen molar-refractivity contribution in [1.29, 1.82) is 0 Å². The summed E-state index contributed by atoms with van der Waals surface area (Å²) < 4.78 is 23.0. The van der Waals surface area contributed by atoms with E-state index < -0.39 is 9.84 Å². The van der Waals surface area contributed by atoms with Crippen LogP contribution in [0.25, 0.3) is 0 Å². The maximum Gasteiger partial charge on any atom is 0.224 e. The van der Waals surface area contributed by atoms with E-state index in [1.165, 1.54) is 23.5 Å². The first kappa shape index (κ1) is 18.8. The number of amides is 1. The van der Waals surface area contributed by atoms with Gasteiger partial charge in [0.2, 0.25) is 5.91 Å². The second-order valence-corrected chi connectivity index (χ2v) is 9.64. The van der Waals surface area contributed by atoms with E-state index in [4.69, 9.17) is 0 Å². The number of rotatable bonds is 7. The molecule has 0 aliphatic carbocycles. The monoisotopic (exact) mass is 406 g/mol. The van der Waals surface area contributed by atoms with Gasteiger partial charge in [-0.05, 0) is 40.1 Å². The van der Waals surface area contributed by atoms with E-state index in [2.05, 4.69) is 15.7 Å². The predicted molar refractivity (Wildman–Crippen MR) is 104 cm³/mol. The van der Waals surface area contributed by atoms with Gasteiger partial charge >= 0.3 is 0 Å². The van der Waals surface area contributed by atoms with Gasteiger partial charge in [0.1, 0.15) is 5.01 Å². The molecule has 0 radical (unpaired) electrons. The Hall–Kier alpha value is -2.03. The molecule has 0 saturated carbocycles. The second kappa shape index (κ2) is 8.11. The van der Waals surface area contributed by atoms with Crippen molar-refractivity contribution in [1.82, 2.24) is 10.3 Å². The van der Waals surface area contributed by atoms with E-state index in [1.807, 2.05) is 16.8 Å². The molecule has 2 heterocycles. The zero-order chi connectivity index (χ0) is 18.6. The van der Waals surface area contributed by atoms with E-state index in [0.717, 1.165) is 22.4 Å². The quantitative estimate of drug-likeness (QED) is 0.653. The first-order chi connectivity index (χ1) is 12.4. The van der Waals surface area contributed by atoms with Crippen molar-refractivity contribution in [3.63, 3.8) is 0 Å². The molecule has 1 aromatic carbocycles. The van der Waals surface area contributed by atoms with E-state index in [9.17, 15) is 13.2 Å². The fourth-order valence-corrected chi connectivity index (χ4v) is 4.54. The molecular formula is C18H18N2O3S3. The second-order valence-electron chi connectivity index (χ2n) is 5.92. The van der Waals surface area contributed by atoms with Crippen LogP contribution in [0.2, 0.25) is 0 Å². The molecule has 3 aromatic rings. The number of carbonyl (C=O) groups is 1. The highest BCUT2D eigenvalue weighted by molar-refractivity contribution is 7.90. The average molecular weight is 407 g/mol. The lowest BCUT2D eigenvalue weighted by Crippen LogP contribution is -2.31. The molecule has 1 amide bonds. The molecule has 26 heavy (non-hydrogen) atoms. The van der Waals surface area contributed by atoms with Crippen LogP contribution < -0.4 is 5.32 Å². The standard InChI is InChI=1S/C18H18N2O3S3/c1-26(22,23)15-4-2-13(3-5-15)11-17(21)20-16(18-19-7-9-25-18)10-14-6-8-24-12-14/h2-9,12,16H,10-11H2,1H3,(H,20,21). The van der Waals surface area contributed by atoms with Crippen molar-refractivity contribution in [3.05, 3.63) is 68.8 Å². The number of aromatic nitrogens is 1. The number of benzene rings is 1. The zero-order valence-corrected chi connectivity index (χ0v) is 16.5. The predicted octanol–water partition coefficient (Wildman–Crippen LogP) is 3.25. The highest BCUT2D eigenvalue weighted by Gasteiger charge is 2.18. The van der Waals surface area contributed by atoms with Gasteiger partial charge in [0.25, 0.3) is 0 Å². The van der Waals surface area contributed by atoms with Crippen molar-refractivity contribution >= 4 is 38.4 Å². The normalized spacial score (nSPS) is 12.7. The van der Waals surface area contributed by atoms with Crippen LogP contribution in [-0.4, -0.2) is 25.6 Å². The molecule has 5 nitrogen and oxygen atoms in total. The van der Waals surface area contributed by atoms with Crippen molar-refractivity contribution in [2.45, 2.75) is 23.8 Å². The summed E-state index contributed by atoms with van der Waals surface area (Å²) in [4.78, 5) is 17.1. The molecule has 0 bridgehead atoms. The first-order valence-electron chi connectivity index (χ1n) is 7.90. The maximum absolute atomic E-state index is 12.5. The largest absolute Gasteiger partial charge is 0.346 e. The lowest BCUT2D eigenvalue weighted by atomic mass is 10.1. The van der Waals surface area contributed by atoms with Gasteiger partial charge in [-0.3, -0.25) is 4.79 Å². The van der Waals surface area contributed by atoms with Crippen molar-refractivity contribution in [3.8, 4) is 0 Å². The summed E-state index contributed by atoms with van der Waals surface area (Å²) in [5, 5.41) is 9.89. The summed E-state index contributed by atoms with van der Waals surface area (Å²) >= 11 is 3.14. The minimum atomic E-state index is -3.23. The number of sulfone groups is 1. The molecule has 0 spiro atoms. The fourth-order valence-electron chi connectivity index (χ4n) is 2.54. The summed E-state index contributed by atoms with van der Waals surface area (Å²) in [7, 11) is -3.23. The van der Waals surface area contributed by atoms with Gasteiger partial charge in [0, 0.05) is 24.3 Å². The maximum atomic E-state index is 12.5. The van der Waals surface area contributed by atoms with Crippen LogP contribution in [0.4, 0.5) is 0 Å². The topological polar surface area (TPSA) is 76.1 Å². The fraction of sp³-hybridized carbons (Fsp3) is 0.222. The van der Waals surface area contributed by atoms with E-state index in [-0.39, 0.29) is 23.3 Å². The smallest absolute Gasteiger partial charge is 0.224 e. The molecule has 3 rings (SSSR count). The minimum Gasteiger partial charge on any atom is -0.346 e. The van der Waals surface area contributed by atoms with Gasteiger partial charge in [-0.25, -0.2) is 13.4 Å². The van der Waals surface area contributed by atoms with Gasteiger partial charge < -0.3 is 5.32 Å². The Kier molecular flexibility index (Phi) is 5.85. The van der Waals surface area contributed by atoms with E-state index >= 15 is 0 Å². The first-order valence-corrected chi connectivity index (χ1v) is 11.6. The molecule has 1 N–H and O–H groups in total. The number of nitrogens with zero attached hydrogens (tertiary/aromatic N) is 1. The van der Waals surface area contributed by atoms with Crippen LogP contribution in [0.1, 0.15) is 22.2 Å². The van der Waals surface area contributed by atoms with Gasteiger partial charge in [0.15, 0.2) is 9.84 Å². The Bertz CT molecular complexity index is 948. The minimum absolute atomic E-state index is 0.118. The number of nitrogens with one attached hydrogen (secondary N) is 1. The molecule has 0 saturated heterocycles. The third-order valence-electron chi connectivity index (χ3n) is 3.82. The van der Waals surface area contributed by atoms with Gasteiger partial charge in [-0.2, -0.15) is 11.3 Å². The van der Waals surface area contributed by atoms with Crippen LogP contribution in [0.5, 0.6) is 0 Å². The van der Waals surface area contributed by atoms with Crippen molar-refractivity contribution < 1.29 is 13.2 Å². The lowest BCUT2D eigenvalue weighted by molar-refractivity contribution is -0.121. The Morgan fingerprint density at radius 3 is 2.50 bits per heavy atom. The molecule has 136 valence electrons. The number of thiophene rings is 1. The van der Waals surface area contributed by atoms with Crippen LogP contribution in [0, 0.1) is 0 Å². The molecule has 0 fully saturated rings. The van der Waals surface area contributed by atoms with Gasteiger partial charge in [-0.1, -0.05) is 12.1 Å². The molecule has 0 aliphatic rings. The summed E-state index contributed by atoms with van der Waals surface area (Å²) in [6.07, 6.45) is 3.78. The van der Waals surface area contributed by atoms with Crippen LogP contribution in [0.3, 0.4) is 0 Å². The summed E-state index contributed by atoms with van der Waals surface area (Å²) in [6.45, 7) is 0. The third kappa shape index (κ3) is 5.00. The highest BCUT2D eigenvalue weighted by atomic mass is 32.2. The Morgan fingerprint density at radius 2 is 1.92 bits per heavy atom. The van der Waals surface area contributed by atoms with Crippen LogP contribution >= 0.6 is 22.7 Å². The number of hydrogen-bond acceptors (Lipinski definition) is 6. The lowest BCUT2D eigenvalue weighted by Gasteiger charge is -2.16. The summed E-state index contributed by atoms with van der Waals surface area (Å²) in [5.41, 5.74) is 1.93. The van der Waals surface area contributed by atoms with Gasteiger partial charge in [0.05, 0.1) is 17.4 Å². The Morgan fingerprint density at radius 1 is 1.15 bits per heavy atom. The number of hydrogen-bond donors (Lipinski definition) is 1. The van der Waals surface area contributed by atoms with Crippen molar-refractivity contribution in [2.24, 2.45) is 0 Å². The highest BCUT2D eigenvalue weighted by Crippen LogP contribution is 2.22. The molecule has 1 atom stereocenters. The Balaban J connectivity index is 1.68. The van der Waals surface area contributed by atoms with Crippen LogP contribution in [0.15, 0.2) is 57.6 Å². The SMILES string of the molecule is CS(=O)(=O)c1ccc(CC(=O)NC(Cc2ccsc2)c2nccs2)cc1. The molecule has 2 aromatic heterocycles. The van der Waals surface area contributed by atoms with E-state index in [1.54, 1.807) is 29.7 Å². The van der Waals surface area contributed by atoms with Crippen molar-refractivity contribution in [2.75, 3.05) is 6.26 Å². The van der Waals surface area contributed by atoms with Gasteiger partial charge in [-0.15, -0.1) is 11.3 Å². The number of thiazole rings is 1. The van der Waals surface area contributed by atoms with E-state index in [0.29, 0.717) is 6.42 Å². The summed E-state index contributed by atoms with van der Waals surface area (Å²) in [5.74, 6) is -0.118. The molecule has 1 unspecified atom stereocenters. The molecular weight excluding hydrogens is 388 g/mol. The molecule has 8 heteroatoms.